The molecule has 0 aromatic heterocycles. The van der Waals surface area contributed by atoms with Gasteiger partial charge in [-0.3, -0.25) is 0 Å². The molecule has 0 saturated carbocycles. The number of hydrogen-bond acceptors (Lipinski definition) is 4. The van der Waals surface area contributed by atoms with Crippen LogP contribution in [-0.2, 0) is 9.53 Å². The van der Waals surface area contributed by atoms with E-state index in [9.17, 15) is 4.79 Å². The molecule has 0 unspecified atom stereocenters. The number of esters is 1. The molecular weight excluding hydrogens is 212 g/mol. The Morgan fingerprint density at radius 3 is 2.53 bits per heavy atom. The summed E-state index contributed by atoms with van der Waals surface area (Å²) in [7, 11) is 0. The molecule has 0 saturated heterocycles. The molecule has 0 aliphatic heterocycles. The molecule has 0 rings (SSSR count). The molecule has 0 aliphatic rings. The molecule has 0 aliphatic carbocycles. The van der Waals surface area contributed by atoms with Gasteiger partial charge in [0, 0.05) is 12.7 Å². The van der Waals surface area contributed by atoms with Crippen LogP contribution in [0, 0.1) is 0 Å². The topological polar surface area (TPSA) is 46.5 Å². The largest absolute Gasteiger partial charge is 0.463 e. The van der Waals surface area contributed by atoms with Crippen molar-refractivity contribution in [3.8, 4) is 0 Å². The second kappa shape index (κ2) is 11.6. The SMILES string of the molecule is C=CC(=O)OCCCCSCCCCO. The minimum atomic E-state index is -0.342. The molecule has 0 fully saturated rings. The summed E-state index contributed by atoms with van der Waals surface area (Å²) in [6.45, 7) is 4.10. The van der Waals surface area contributed by atoms with E-state index in [1.807, 2.05) is 11.8 Å². The lowest BCUT2D eigenvalue weighted by Crippen LogP contribution is -2.02. The molecule has 0 aromatic carbocycles. The van der Waals surface area contributed by atoms with Crippen LogP contribution >= 0.6 is 11.8 Å². The third kappa shape index (κ3) is 11.4. The highest BCUT2D eigenvalue weighted by Crippen LogP contribution is 2.07. The Bertz CT molecular complexity index is 171. The number of carbonyl (C=O) groups excluding carboxylic acids is 1. The number of hydrogen-bond donors (Lipinski definition) is 1. The van der Waals surface area contributed by atoms with Crippen LogP contribution in [0.2, 0.25) is 0 Å². The minimum Gasteiger partial charge on any atom is -0.463 e. The summed E-state index contributed by atoms with van der Waals surface area (Å²) in [5, 5.41) is 8.55. The summed E-state index contributed by atoms with van der Waals surface area (Å²) in [5.74, 6) is 1.86. The van der Waals surface area contributed by atoms with Crippen LogP contribution < -0.4 is 0 Å². The van der Waals surface area contributed by atoms with Crippen molar-refractivity contribution >= 4 is 17.7 Å². The Hall–Kier alpha value is -0.480. The predicted molar refractivity (Wildman–Crippen MR) is 64.0 cm³/mol. The first-order chi connectivity index (χ1) is 7.31. The summed E-state index contributed by atoms with van der Waals surface area (Å²) in [4.78, 5) is 10.6. The van der Waals surface area contributed by atoms with Gasteiger partial charge in [0.05, 0.1) is 6.61 Å². The summed E-state index contributed by atoms with van der Waals surface area (Å²) in [5.41, 5.74) is 0. The molecule has 88 valence electrons. The molecule has 0 aromatic rings. The van der Waals surface area contributed by atoms with Crippen molar-refractivity contribution in [2.75, 3.05) is 24.7 Å². The molecule has 0 amide bonds. The maximum atomic E-state index is 10.6. The van der Waals surface area contributed by atoms with Gasteiger partial charge in [0.1, 0.15) is 0 Å². The van der Waals surface area contributed by atoms with Crippen molar-refractivity contribution in [2.45, 2.75) is 25.7 Å². The van der Waals surface area contributed by atoms with Gasteiger partial charge in [-0.15, -0.1) is 0 Å². The first-order valence-corrected chi connectivity index (χ1v) is 6.44. The number of aliphatic hydroxyl groups is 1. The standard InChI is InChI=1S/C11H20O3S/c1-2-11(13)14-8-4-6-10-15-9-5-3-7-12/h2,12H,1,3-10H2. The molecule has 0 atom stereocenters. The smallest absolute Gasteiger partial charge is 0.330 e. The number of unbranched alkanes of at least 4 members (excludes halogenated alkanes) is 2. The van der Waals surface area contributed by atoms with E-state index in [4.69, 9.17) is 9.84 Å². The molecule has 15 heavy (non-hydrogen) atoms. The highest BCUT2D eigenvalue weighted by molar-refractivity contribution is 7.99. The Morgan fingerprint density at radius 2 is 1.93 bits per heavy atom. The molecule has 3 nitrogen and oxygen atoms in total. The van der Waals surface area contributed by atoms with Gasteiger partial charge in [-0.25, -0.2) is 4.79 Å². The Balaban J connectivity index is 2.98. The van der Waals surface area contributed by atoms with Crippen LogP contribution in [0.3, 0.4) is 0 Å². The molecular formula is C11H20O3S. The van der Waals surface area contributed by atoms with Gasteiger partial charge in [0.2, 0.25) is 0 Å². The summed E-state index contributed by atoms with van der Waals surface area (Å²) >= 11 is 1.89. The van der Waals surface area contributed by atoms with Crippen LogP contribution in [0.4, 0.5) is 0 Å². The van der Waals surface area contributed by atoms with Gasteiger partial charge in [-0.1, -0.05) is 6.58 Å². The highest BCUT2D eigenvalue weighted by Gasteiger charge is 1.95. The van der Waals surface area contributed by atoms with Gasteiger partial charge < -0.3 is 9.84 Å². The number of thioether (sulfide) groups is 1. The molecule has 0 heterocycles. The zero-order valence-electron chi connectivity index (χ0n) is 9.11. The van der Waals surface area contributed by atoms with Gasteiger partial charge in [-0.2, -0.15) is 11.8 Å². The van der Waals surface area contributed by atoms with E-state index in [-0.39, 0.29) is 12.6 Å². The van der Waals surface area contributed by atoms with Crippen molar-refractivity contribution in [3.05, 3.63) is 12.7 Å². The maximum absolute atomic E-state index is 10.6. The van der Waals surface area contributed by atoms with Gasteiger partial charge in [0.15, 0.2) is 0 Å². The van der Waals surface area contributed by atoms with Crippen LogP contribution in [0.15, 0.2) is 12.7 Å². The van der Waals surface area contributed by atoms with Crippen molar-refractivity contribution < 1.29 is 14.6 Å². The third-order valence-corrected chi connectivity index (χ3v) is 2.95. The molecule has 0 bridgehead atoms. The van der Waals surface area contributed by atoms with E-state index < -0.39 is 0 Å². The van der Waals surface area contributed by atoms with Crippen LogP contribution in [0.5, 0.6) is 0 Å². The van der Waals surface area contributed by atoms with E-state index in [1.54, 1.807) is 0 Å². The lowest BCUT2D eigenvalue weighted by atomic mass is 10.3. The fourth-order valence-electron chi connectivity index (χ4n) is 0.956. The van der Waals surface area contributed by atoms with Crippen molar-refractivity contribution in [1.29, 1.82) is 0 Å². The van der Waals surface area contributed by atoms with E-state index >= 15 is 0 Å². The van der Waals surface area contributed by atoms with Gasteiger partial charge in [-0.05, 0) is 37.2 Å². The van der Waals surface area contributed by atoms with Crippen LogP contribution in [-0.4, -0.2) is 35.8 Å². The fourth-order valence-corrected chi connectivity index (χ4v) is 1.98. The van der Waals surface area contributed by atoms with E-state index in [2.05, 4.69) is 6.58 Å². The average Bonchev–Trinajstić information content (AvgIpc) is 2.26. The average molecular weight is 232 g/mol. The Morgan fingerprint density at radius 1 is 1.27 bits per heavy atom. The van der Waals surface area contributed by atoms with E-state index in [0.717, 1.165) is 37.2 Å². The Labute approximate surface area is 95.9 Å². The van der Waals surface area contributed by atoms with Crippen LogP contribution in [0.1, 0.15) is 25.7 Å². The number of ether oxygens (including phenoxy) is 1. The quantitative estimate of drug-likeness (QED) is 0.355. The second-order valence-corrected chi connectivity index (χ2v) is 4.35. The Kier molecular flexibility index (Phi) is 11.2. The van der Waals surface area contributed by atoms with E-state index in [0.29, 0.717) is 6.61 Å². The first-order valence-electron chi connectivity index (χ1n) is 5.29. The summed E-state index contributed by atoms with van der Waals surface area (Å²) in [6.07, 6.45) is 5.13. The number of rotatable bonds is 10. The third-order valence-electron chi connectivity index (χ3n) is 1.79. The van der Waals surface area contributed by atoms with Crippen molar-refractivity contribution in [1.82, 2.24) is 0 Å². The van der Waals surface area contributed by atoms with Crippen LogP contribution in [0.25, 0.3) is 0 Å². The van der Waals surface area contributed by atoms with Crippen molar-refractivity contribution in [3.63, 3.8) is 0 Å². The predicted octanol–water partition coefficient (Wildman–Crippen LogP) is 2.00. The second-order valence-electron chi connectivity index (χ2n) is 3.12. The normalized spacial score (nSPS) is 9.93. The van der Waals surface area contributed by atoms with E-state index in [1.165, 1.54) is 6.08 Å². The lowest BCUT2D eigenvalue weighted by Gasteiger charge is -2.02. The number of carbonyl (C=O) groups is 1. The molecule has 0 radical (unpaired) electrons. The minimum absolute atomic E-state index is 0.290. The van der Waals surface area contributed by atoms with Gasteiger partial charge >= 0.3 is 5.97 Å². The van der Waals surface area contributed by atoms with Crippen molar-refractivity contribution in [2.24, 2.45) is 0 Å². The number of aliphatic hydroxyl groups excluding tert-OH is 1. The monoisotopic (exact) mass is 232 g/mol. The molecule has 1 N–H and O–H groups in total. The highest BCUT2D eigenvalue weighted by atomic mass is 32.2. The lowest BCUT2D eigenvalue weighted by molar-refractivity contribution is -0.137. The summed E-state index contributed by atoms with van der Waals surface area (Å²) in [6, 6.07) is 0. The molecule has 0 spiro atoms. The fraction of sp³-hybridized carbons (Fsp3) is 0.727. The maximum Gasteiger partial charge on any atom is 0.330 e. The zero-order valence-corrected chi connectivity index (χ0v) is 9.93. The molecule has 4 heteroatoms. The zero-order chi connectivity index (χ0) is 11.4. The summed E-state index contributed by atoms with van der Waals surface area (Å²) < 4.78 is 4.84. The van der Waals surface area contributed by atoms with Gasteiger partial charge in [0.25, 0.3) is 0 Å². The first kappa shape index (κ1) is 14.5.